The number of likely N-dealkylation sites (tertiary alicyclic amines) is 1. The standard InChI is InChI=1S/C19H25N3O4S/c1-21(2)27(24,25)16-9-7-15(8-10-16)19(23)20-14-17(18-6-5-13-26-18)22-11-3-4-12-22/h5-10,13,17H,3-4,11-12,14H2,1-2H3,(H,20,23)/p+1/t17-/m0/s1. The summed E-state index contributed by atoms with van der Waals surface area (Å²) in [4.78, 5) is 14.1. The first-order valence-corrected chi connectivity index (χ1v) is 10.5. The van der Waals surface area contributed by atoms with Crippen LogP contribution in [0.5, 0.6) is 0 Å². The van der Waals surface area contributed by atoms with Gasteiger partial charge in [-0.3, -0.25) is 4.79 Å². The summed E-state index contributed by atoms with van der Waals surface area (Å²) in [6.07, 6.45) is 4.02. The van der Waals surface area contributed by atoms with Crippen LogP contribution >= 0.6 is 0 Å². The van der Waals surface area contributed by atoms with Crippen molar-refractivity contribution in [3.8, 4) is 0 Å². The van der Waals surface area contributed by atoms with E-state index in [-0.39, 0.29) is 16.8 Å². The van der Waals surface area contributed by atoms with Gasteiger partial charge in [0, 0.05) is 32.5 Å². The molecule has 7 nitrogen and oxygen atoms in total. The summed E-state index contributed by atoms with van der Waals surface area (Å²) in [6.45, 7) is 2.61. The molecule has 0 radical (unpaired) electrons. The largest absolute Gasteiger partial charge is 0.463 e. The number of carbonyl (C=O) groups is 1. The van der Waals surface area contributed by atoms with Crippen LogP contribution in [0.1, 0.15) is 35.0 Å². The molecule has 3 rings (SSSR count). The molecule has 0 aliphatic carbocycles. The van der Waals surface area contributed by atoms with Gasteiger partial charge < -0.3 is 14.6 Å². The summed E-state index contributed by atoms with van der Waals surface area (Å²) >= 11 is 0. The fraction of sp³-hybridized carbons (Fsp3) is 0.421. The maximum absolute atomic E-state index is 12.5. The molecule has 1 aromatic heterocycles. The van der Waals surface area contributed by atoms with E-state index in [2.05, 4.69) is 5.32 Å². The fourth-order valence-electron chi connectivity index (χ4n) is 3.40. The van der Waals surface area contributed by atoms with E-state index in [4.69, 9.17) is 4.42 Å². The van der Waals surface area contributed by atoms with Crippen LogP contribution in [0.15, 0.2) is 52.0 Å². The first-order chi connectivity index (χ1) is 12.9. The molecule has 1 saturated heterocycles. The summed E-state index contributed by atoms with van der Waals surface area (Å²) < 4.78 is 31.0. The minimum absolute atomic E-state index is 0.0832. The lowest BCUT2D eigenvalue weighted by atomic mass is 10.1. The molecule has 1 atom stereocenters. The van der Waals surface area contributed by atoms with Crippen molar-refractivity contribution < 1.29 is 22.5 Å². The predicted molar refractivity (Wildman–Crippen MR) is 101 cm³/mol. The monoisotopic (exact) mass is 392 g/mol. The maximum Gasteiger partial charge on any atom is 0.251 e. The molecular weight excluding hydrogens is 366 g/mol. The van der Waals surface area contributed by atoms with Gasteiger partial charge >= 0.3 is 0 Å². The Morgan fingerprint density at radius 2 is 1.85 bits per heavy atom. The number of furan rings is 1. The van der Waals surface area contributed by atoms with Gasteiger partial charge in [-0.25, -0.2) is 12.7 Å². The lowest BCUT2D eigenvalue weighted by Crippen LogP contribution is -3.11. The van der Waals surface area contributed by atoms with Gasteiger partial charge in [-0.15, -0.1) is 0 Å². The zero-order valence-electron chi connectivity index (χ0n) is 15.6. The lowest BCUT2D eigenvalue weighted by molar-refractivity contribution is -0.919. The van der Waals surface area contributed by atoms with Gasteiger partial charge in [0.2, 0.25) is 10.0 Å². The molecule has 1 aliphatic heterocycles. The minimum atomic E-state index is -3.50. The second-order valence-electron chi connectivity index (χ2n) is 6.96. The Bertz CT molecular complexity index is 855. The van der Waals surface area contributed by atoms with Crippen molar-refractivity contribution in [2.45, 2.75) is 23.8 Å². The third kappa shape index (κ3) is 4.40. The molecule has 1 amide bonds. The Morgan fingerprint density at radius 3 is 2.41 bits per heavy atom. The van der Waals surface area contributed by atoms with E-state index in [9.17, 15) is 13.2 Å². The third-order valence-electron chi connectivity index (χ3n) is 4.99. The predicted octanol–water partition coefficient (Wildman–Crippen LogP) is 0.680. The number of carbonyl (C=O) groups excluding carboxylic acids is 1. The zero-order valence-corrected chi connectivity index (χ0v) is 16.5. The van der Waals surface area contributed by atoms with Crippen LogP contribution in [0.2, 0.25) is 0 Å². The van der Waals surface area contributed by atoms with E-state index < -0.39 is 10.0 Å². The van der Waals surface area contributed by atoms with Crippen LogP contribution < -0.4 is 10.2 Å². The number of hydrogen-bond donors (Lipinski definition) is 2. The Morgan fingerprint density at radius 1 is 1.19 bits per heavy atom. The molecule has 2 aromatic rings. The van der Waals surface area contributed by atoms with E-state index >= 15 is 0 Å². The van der Waals surface area contributed by atoms with E-state index in [1.165, 1.54) is 56.1 Å². The lowest BCUT2D eigenvalue weighted by Gasteiger charge is -2.23. The van der Waals surface area contributed by atoms with Crippen LogP contribution in [0.3, 0.4) is 0 Å². The first-order valence-electron chi connectivity index (χ1n) is 9.08. The molecular formula is C19H26N3O4S+. The maximum atomic E-state index is 12.5. The fourth-order valence-corrected chi connectivity index (χ4v) is 4.30. The van der Waals surface area contributed by atoms with Crippen molar-refractivity contribution in [3.63, 3.8) is 0 Å². The number of nitrogens with one attached hydrogen (secondary N) is 2. The van der Waals surface area contributed by atoms with Gasteiger partial charge in [0.1, 0.15) is 0 Å². The van der Waals surface area contributed by atoms with E-state index in [1.54, 1.807) is 6.26 Å². The van der Waals surface area contributed by atoms with Crippen molar-refractivity contribution in [2.75, 3.05) is 33.7 Å². The van der Waals surface area contributed by atoms with Gasteiger partial charge in [0.25, 0.3) is 5.91 Å². The molecule has 2 heterocycles. The van der Waals surface area contributed by atoms with Gasteiger partial charge in [0.05, 0.1) is 30.8 Å². The summed E-state index contributed by atoms with van der Waals surface area (Å²) in [6, 6.07) is 9.89. The number of rotatable bonds is 7. The molecule has 146 valence electrons. The highest BCUT2D eigenvalue weighted by Gasteiger charge is 2.30. The number of hydrogen-bond acceptors (Lipinski definition) is 4. The van der Waals surface area contributed by atoms with Crippen LogP contribution in [0.25, 0.3) is 0 Å². The number of benzene rings is 1. The summed E-state index contributed by atoms with van der Waals surface area (Å²) in [5.41, 5.74) is 0.433. The van der Waals surface area contributed by atoms with Crippen LogP contribution in [0.4, 0.5) is 0 Å². The van der Waals surface area contributed by atoms with Gasteiger partial charge in [-0.2, -0.15) is 0 Å². The summed E-state index contributed by atoms with van der Waals surface area (Å²) in [7, 11) is -0.545. The topological polar surface area (TPSA) is 84.1 Å². The Hall–Kier alpha value is -2.16. The Balaban J connectivity index is 1.67. The second-order valence-corrected chi connectivity index (χ2v) is 9.11. The molecule has 0 saturated carbocycles. The van der Waals surface area contributed by atoms with Crippen molar-refractivity contribution in [3.05, 3.63) is 54.0 Å². The molecule has 8 heteroatoms. The molecule has 1 fully saturated rings. The van der Waals surface area contributed by atoms with Crippen molar-refractivity contribution in [1.82, 2.24) is 9.62 Å². The van der Waals surface area contributed by atoms with Gasteiger partial charge in [0.15, 0.2) is 11.8 Å². The number of sulfonamides is 1. The van der Waals surface area contributed by atoms with E-state index in [0.29, 0.717) is 12.1 Å². The number of amides is 1. The normalized spacial score (nSPS) is 16.6. The van der Waals surface area contributed by atoms with E-state index in [0.717, 1.165) is 23.2 Å². The highest BCUT2D eigenvalue weighted by molar-refractivity contribution is 7.89. The Kier molecular flexibility index (Phi) is 5.98. The Labute approximate surface area is 160 Å². The third-order valence-corrected chi connectivity index (χ3v) is 6.82. The quantitative estimate of drug-likeness (QED) is 0.726. The van der Waals surface area contributed by atoms with Crippen molar-refractivity contribution in [2.24, 2.45) is 0 Å². The molecule has 27 heavy (non-hydrogen) atoms. The SMILES string of the molecule is CN(C)S(=O)(=O)c1ccc(C(=O)NC[C@@H](c2ccco2)[NH+]2CCCC2)cc1. The highest BCUT2D eigenvalue weighted by atomic mass is 32.2. The van der Waals surface area contributed by atoms with Gasteiger partial charge in [-0.1, -0.05) is 0 Å². The van der Waals surface area contributed by atoms with E-state index in [1.807, 2.05) is 12.1 Å². The van der Waals surface area contributed by atoms with Crippen molar-refractivity contribution in [1.29, 1.82) is 0 Å². The summed E-state index contributed by atoms with van der Waals surface area (Å²) in [5.74, 6) is 0.651. The molecule has 0 unspecified atom stereocenters. The molecule has 1 aliphatic rings. The molecule has 1 aromatic carbocycles. The first kappa shape index (κ1) is 19.6. The average Bonchev–Trinajstić information content (AvgIpc) is 3.36. The highest BCUT2D eigenvalue weighted by Crippen LogP contribution is 2.15. The average molecular weight is 393 g/mol. The summed E-state index contributed by atoms with van der Waals surface area (Å²) in [5, 5.41) is 2.97. The smallest absolute Gasteiger partial charge is 0.251 e. The molecule has 2 N–H and O–H groups in total. The van der Waals surface area contributed by atoms with Crippen LogP contribution in [0, 0.1) is 0 Å². The number of nitrogens with zero attached hydrogens (tertiary/aromatic N) is 1. The zero-order chi connectivity index (χ0) is 19.4. The number of quaternary nitrogens is 1. The van der Waals surface area contributed by atoms with Crippen molar-refractivity contribution >= 4 is 15.9 Å². The van der Waals surface area contributed by atoms with Crippen LogP contribution in [-0.4, -0.2) is 52.4 Å². The molecule has 0 bridgehead atoms. The van der Waals surface area contributed by atoms with Crippen LogP contribution in [-0.2, 0) is 10.0 Å². The second kappa shape index (κ2) is 8.24. The molecule has 0 spiro atoms. The minimum Gasteiger partial charge on any atom is -0.463 e. The van der Waals surface area contributed by atoms with Gasteiger partial charge in [-0.05, 0) is 36.4 Å².